The Morgan fingerprint density at radius 3 is 3.00 bits per heavy atom. The summed E-state index contributed by atoms with van der Waals surface area (Å²) in [7, 11) is 0. The second-order valence-electron chi connectivity index (χ2n) is 3.44. The highest BCUT2D eigenvalue weighted by Crippen LogP contribution is 2.14. The number of hydrogen-bond acceptors (Lipinski definition) is 5. The van der Waals surface area contributed by atoms with Crippen molar-refractivity contribution in [2.45, 2.75) is 13.0 Å². The third-order valence-electron chi connectivity index (χ3n) is 2.19. The van der Waals surface area contributed by atoms with Crippen LogP contribution in [0.15, 0.2) is 24.7 Å². The number of pyridine rings is 1. The second-order valence-corrected chi connectivity index (χ2v) is 3.44. The van der Waals surface area contributed by atoms with Gasteiger partial charge < -0.3 is 10.4 Å². The lowest BCUT2D eigenvalue weighted by molar-refractivity contribution is 0.0930. The van der Waals surface area contributed by atoms with Crippen molar-refractivity contribution >= 4 is 5.91 Å². The Kier molecular flexibility index (Phi) is 2.99. The van der Waals surface area contributed by atoms with Gasteiger partial charge in [0.25, 0.3) is 5.91 Å². The average molecular weight is 233 g/mol. The van der Waals surface area contributed by atoms with E-state index < -0.39 is 5.91 Å². The van der Waals surface area contributed by atoms with E-state index in [4.69, 9.17) is 0 Å². The van der Waals surface area contributed by atoms with Gasteiger partial charge in [-0.25, -0.2) is 9.97 Å². The number of hydrogen-bond donors (Lipinski definition) is 3. The molecule has 0 fully saturated rings. The van der Waals surface area contributed by atoms with Crippen LogP contribution < -0.4 is 5.32 Å². The van der Waals surface area contributed by atoms with Crippen LogP contribution in [0.25, 0.3) is 0 Å². The molecule has 1 atom stereocenters. The number of rotatable bonds is 3. The van der Waals surface area contributed by atoms with E-state index in [1.807, 2.05) is 0 Å². The van der Waals surface area contributed by atoms with E-state index in [1.54, 1.807) is 13.0 Å². The molecule has 0 bridgehead atoms. The second kappa shape index (κ2) is 4.60. The van der Waals surface area contributed by atoms with E-state index >= 15 is 0 Å². The number of nitrogens with zero attached hydrogens (tertiary/aromatic N) is 3. The van der Waals surface area contributed by atoms with E-state index in [0.29, 0.717) is 5.82 Å². The van der Waals surface area contributed by atoms with Crippen molar-refractivity contribution < 1.29 is 9.90 Å². The predicted octanol–water partition coefficient (Wildman–Crippen LogP) is 0.396. The zero-order chi connectivity index (χ0) is 12.3. The SMILES string of the molecule is CC(NC(=O)c1ncccc1O)c1ncn[nH]1. The van der Waals surface area contributed by atoms with Crippen LogP contribution in [0.5, 0.6) is 5.75 Å². The van der Waals surface area contributed by atoms with Crippen LogP contribution in [-0.4, -0.2) is 31.2 Å². The summed E-state index contributed by atoms with van der Waals surface area (Å²) in [5.41, 5.74) is -0.0149. The topological polar surface area (TPSA) is 104 Å². The smallest absolute Gasteiger partial charge is 0.274 e. The summed E-state index contributed by atoms with van der Waals surface area (Å²) in [4.78, 5) is 19.5. The number of H-pyrrole nitrogens is 1. The van der Waals surface area contributed by atoms with Crippen molar-refractivity contribution in [3.63, 3.8) is 0 Å². The number of aromatic amines is 1. The van der Waals surface area contributed by atoms with Gasteiger partial charge in [-0.15, -0.1) is 0 Å². The molecule has 0 aliphatic rings. The summed E-state index contributed by atoms with van der Waals surface area (Å²) in [5, 5.41) is 18.4. The summed E-state index contributed by atoms with van der Waals surface area (Å²) in [6.07, 6.45) is 2.80. The minimum Gasteiger partial charge on any atom is -0.505 e. The number of carbonyl (C=O) groups excluding carboxylic acids is 1. The van der Waals surface area contributed by atoms with Crippen LogP contribution in [-0.2, 0) is 0 Å². The monoisotopic (exact) mass is 233 g/mol. The van der Waals surface area contributed by atoms with Crippen molar-refractivity contribution in [3.8, 4) is 5.75 Å². The molecule has 0 spiro atoms. The zero-order valence-electron chi connectivity index (χ0n) is 9.08. The molecule has 0 radical (unpaired) electrons. The first kappa shape index (κ1) is 11.1. The predicted molar refractivity (Wildman–Crippen MR) is 58.2 cm³/mol. The Balaban J connectivity index is 2.10. The maximum atomic E-state index is 11.8. The number of nitrogens with one attached hydrogen (secondary N) is 2. The average Bonchev–Trinajstić information content (AvgIpc) is 2.82. The molecule has 1 amide bonds. The molecule has 88 valence electrons. The molecule has 7 nitrogen and oxygen atoms in total. The number of carbonyl (C=O) groups is 1. The number of amides is 1. The molecule has 0 aliphatic carbocycles. The molecular weight excluding hydrogens is 222 g/mol. The fraction of sp³-hybridized carbons (Fsp3) is 0.200. The van der Waals surface area contributed by atoms with Crippen molar-refractivity contribution in [3.05, 3.63) is 36.2 Å². The first-order valence-corrected chi connectivity index (χ1v) is 4.98. The molecule has 0 aromatic carbocycles. The van der Waals surface area contributed by atoms with Gasteiger partial charge in [-0.2, -0.15) is 5.10 Å². The molecule has 2 heterocycles. The quantitative estimate of drug-likeness (QED) is 0.711. The number of aromatic hydroxyl groups is 1. The van der Waals surface area contributed by atoms with Gasteiger partial charge >= 0.3 is 0 Å². The Hall–Kier alpha value is -2.44. The van der Waals surface area contributed by atoms with Gasteiger partial charge in [-0.3, -0.25) is 9.89 Å². The lowest BCUT2D eigenvalue weighted by Gasteiger charge is -2.10. The minimum absolute atomic E-state index is 0.0149. The lowest BCUT2D eigenvalue weighted by Crippen LogP contribution is -2.28. The first-order valence-electron chi connectivity index (χ1n) is 4.98. The minimum atomic E-state index is -0.466. The van der Waals surface area contributed by atoms with Crippen LogP contribution in [0.4, 0.5) is 0 Å². The van der Waals surface area contributed by atoms with E-state index in [-0.39, 0.29) is 17.5 Å². The maximum Gasteiger partial charge on any atom is 0.274 e. The van der Waals surface area contributed by atoms with Gasteiger partial charge in [-0.05, 0) is 19.1 Å². The third kappa shape index (κ3) is 2.39. The van der Waals surface area contributed by atoms with E-state index in [9.17, 15) is 9.90 Å². The van der Waals surface area contributed by atoms with Gasteiger partial charge in [0.2, 0.25) is 0 Å². The highest BCUT2D eigenvalue weighted by Gasteiger charge is 2.16. The molecule has 2 aromatic heterocycles. The van der Waals surface area contributed by atoms with Gasteiger partial charge in [0.05, 0.1) is 6.04 Å². The molecular formula is C10H11N5O2. The number of aromatic nitrogens is 4. The molecule has 3 N–H and O–H groups in total. The molecule has 7 heteroatoms. The Morgan fingerprint density at radius 2 is 2.35 bits per heavy atom. The summed E-state index contributed by atoms with van der Waals surface area (Å²) in [5.74, 6) is -0.0875. The fourth-order valence-corrected chi connectivity index (χ4v) is 1.33. The van der Waals surface area contributed by atoms with Crippen LogP contribution in [0.3, 0.4) is 0 Å². The molecule has 0 aliphatic heterocycles. The Bertz CT molecular complexity index is 511. The van der Waals surface area contributed by atoms with Crippen LogP contribution in [0.1, 0.15) is 29.3 Å². The first-order chi connectivity index (χ1) is 8.18. The normalized spacial score (nSPS) is 12.1. The molecule has 2 rings (SSSR count). The van der Waals surface area contributed by atoms with Crippen LogP contribution in [0, 0.1) is 0 Å². The molecule has 1 unspecified atom stereocenters. The van der Waals surface area contributed by atoms with Crippen molar-refractivity contribution in [2.75, 3.05) is 0 Å². The van der Waals surface area contributed by atoms with Crippen molar-refractivity contribution in [1.29, 1.82) is 0 Å². The summed E-state index contributed by atoms with van der Waals surface area (Å²) >= 11 is 0. The summed E-state index contributed by atoms with van der Waals surface area (Å²) in [6.45, 7) is 1.75. The van der Waals surface area contributed by atoms with E-state index in [0.717, 1.165) is 0 Å². The fourth-order valence-electron chi connectivity index (χ4n) is 1.33. The maximum absolute atomic E-state index is 11.8. The summed E-state index contributed by atoms with van der Waals surface area (Å²) < 4.78 is 0. The molecule has 2 aromatic rings. The van der Waals surface area contributed by atoms with Gasteiger partial charge in [0, 0.05) is 6.20 Å². The molecule has 0 saturated carbocycles. The van der Waals surface area contributed by atoms with Gasteiger partial charge in [0.15, 0.2) is 5.69 Å². The Morgan fingerprint density at radius 1 is 1.53 bits per heavy atom. The zero-order valence-corrected chi connectivity index (χ0v) is 9.08. The third-order valence-corrected chi connectivity index (χ3v) is 2.19. The molecule has 0 saturated heterocycles. The Labute approximate surface area is 96.9 Å². The van der Waals surface area contributed by atoms with Crippen LogP contribution >= 0.6 is 0 Å². The standard InChI is InChI=1S/C10H11N5O2/c1-6(9-12-5-13-15-9)14-10(17)8-7(16)3-2-4-11-8/h2-6,16H,1H3,(H,14,17)(H,12,13,15). The van der Waals surface area contributed by atoms with Gasteiger partial charge in [0.1, 0.15) is 17.9 Å². The van der Waals surface area contributed by atoms with E-state index in [1.165, 1.54) is 18.6 Å². The van der Waals surface area contributed by atoms with E-state index in [2.05, 4.69) is 25.5 Å². The van der Waals surface area contributed by atoms with Crippen LogP contribution in [0.2, 0.25) is 0 Å². The van der Waals surface area contributed by atoms with Gasteiger partial charge in [-0.1, -0.05) is 0 Å². The highest BCUT2D eigenvalue weighted by molar-refractivity contribution is 5.94. The largest absolute Gasteiger partial charge is 0.505 e. The highest BCUT2D eigenvalue weighted by atomic mass is 16.3. The lowest BCUT2D eigenvalue weighted by atomic mass is 10.2. The molecule has 17 heavy (non-hydrogen) atoms. The van der Waals surface area contributed by atoms with Crippen molar-refractivity contribution in [1.82, 2.24) is 25.5 Å². The van der Waals surface area contributed by atoms with Crippen molar-refractivity contribution in [2.24, 2.45) is 0 Å². The summed E-state index contributed by atoms with van der Waals surface area (Å²) in [6, 6.07) is 2.61.